The molecule has 0 aromatic carbocycles. The molecule has 70 valence electrons. The van der Waals surface area contributed by atoms with E-state index >= 15 is 0 Å². The van der Waals surface area contributed by atoms with Crippen LogP contribution < -0.4 is 5.73 Å². The Morgan fingerprint density at radius 2 is 2.38 bits per heavy atom. The normalized spacial score (nSPS) is 26.9. The molecule has 1 aliphatic carbocycles. The Balaban J connectivity index is 2.21. The van der Waals surface area contributed by atoms with E-state index in [-0.39, 0.29) is 5.82 Å². The predicted molar refractivity (Wildman–Crippen MR) is 48.7 cm³/mol. The van der Waals surface area contributed by atoms with Gasteiger partial charge in [-0.3, -0.25) is 4.98 Å². The minimum absolute atomic E-state index is 0.189. The lowest BCUT2D eigenvalue weighted by Gasteiger charge is -2.36. The highest BCUT2D eigenvalue weighted by molar-refractivity contribution is 5.21. The summed E-state index contributed by atoms with van der Waals surface area (Å²) in [5, 5.41) is 0. The number of hydrogen-bond acceptors (Lipinski definition) is 2. The van der Waals surface area contributed by atoms with Gasteiger partial charge in [-0.05, 0) is 42.9 Å². The Morgan fingerprint density at radius 3 is 2.92 bits per heavy atom. The molecule has 1 aromatic heterocycles. The SMILES string of the molecule is NCC1CCC1c1ccncc1F. The van der Waals surface area contributed by atoms with Gasteiger partial charge in [0.05, 0.1) is 6.20 Å². The fraction of sp³-hybridized carbons (Fsp3) is 0.500. The molecule has 2 nitrogen and oxygen atoms in total. The summed E-state index contributed by atoms with van der Waals surface area (Å²) in [5.74, 6) is 0.607. The van der Waals surface area contributed by atoms with Crippen molar-refractivity contribution in [3.63, 3.8) is 0 Å². The van der Waals surface area contributed by atoms with Crippen LogP contribution in [0.3, 0.4) is 0 Å². The first-order valence-electron chi connectivity index (χ1n) is 4.62. The molecule has 0 radical (unpaired) electrons. The summed E-state index contributed by atoms with van der Waals surface area (Å²) in [5.41, 5.74) is 6.36. The molecule has 2 rings (SSSR count). The molecule has 0 aliphatic heterocycles. The molecule has 0 saturated heterocycles. The first kappa shape index (κ1) is 8.63. The van der Waals surface area contributed by atoms with Crippen molar-refractivity contribution < 1.29 is 4.39 Å². The summed E-state index contributed by atoms with van der Waals surface area (Å²) >= 11 is 0. The smallest absolute Gasteiger partial charge is 0.144 e. The topological polar surface area (TPSA) is 38.9 Å². The number of pyridine rings is 1. The number of nitrogens with two attached hydrogens (primary N) is 1. The number of halogens is 1. The largest absolute Gasteiger partial charge is 0.330 e. The third-order valence-electron chi connectivity index (χ3n) is 2.92. The van der Waals surface area contributed by atoms with Crippen LogP contribution in [0.5, 0.6) is 0 Å². The Kier molecular flexibility index (Phi) is 2.27. The van der Waals surface area contributed by atoms with Gasteiger partial charge in [-0.1, -0.05) is 0 Å². The molecule has 2 N–H and O–H groups in total. The summed E-state index contributed by atoms with van der Waals surface area (Å²) in [6.07, 6.45) is 5.11. The van der Waals surface area contributed by atoms with E-state index in [2.05, 4.69) is 4.98 Å². The average Bonchev–Trinajstić information content (AvgIpc) is 2.08. The standard InChI is InChI=1S/C10H13FN2/c11-10-6-13-4-3-9(10)8-2-1-7(8)5-12/h3-4,6-8H,1-2,5,12H2. The molecule has 2 atom stereocenters. The van der Waals surface area contributed by atoms with E-state index in [1.54, 1.807) is 12.3 Å². The van der Waals surface area contributed by atoms with Crippen LogP contribution >= 0.6 is 0 Å². The lowest BCUT2D eigenvalue weighted by molar-refractivity contribution is 0.257. The highest BCUT2D eigenvalue weighted by Crippen LogP contribution is 2.42. The maximum atomic E-state index is 13.3. The van der Waals surface area contributed by atoms with Gasteiger partial charge in [0.25, 0.3) is 0 Å². The van der Waals surface area contributed by atoms with Gasteiger partial charge in [0.15, 0.2) is 0 Å². The van der Waals surface area contributed by atoms with Crippen LogP contribution in [0.15, 0.2) is 18.5 Å². The molecule has 1 heterocycles. The van der Waals surface area contributed by atoms with Gasteiger partial charge in [-0.25, -0.2) is 4.39 Å². The maximum absolute atomic E-state index is 13.3. The van der Waals surface area contributed by atoms with E-state index in [1.165, 1.54) is 6.20 Å². The molecule has 1 aliphatic rings. The van der Waals surface area contributed by atoms with Crippen LogP contribution in [0.25, 0.3) is 0 Å². The van der Waals surface area contributed by atoms with Crippen molar-refractivity contribution in [3.05, 3.63) is 29.8 Å². The van der Waals surface area contributed by atoms with E-state index in [0.29, 0.717) is 18.4 Å². The van der Waals surface area contributed by atoms with E-state index < -0.39 is 0 Å². The molecule has 2 unspecified atom stereocenters. The van der Waals surface area contributed by atoms with Crippen molar-refractivity contribution in [2.75, 3.05) is 6.54 Å². The van der Waals surface area contributed by atoms with E-state index in [9.17, 15) is 4.39 Å². The van der Waals surface area contributed by atoms with Crippen LogP contribution in [-0.4, -0.2) is 11.5 Å². The lowest BCUT2D eigenvalue weighted by Crippen LogP contribution is -2.31. The van der Waals surface area contributed by atoms with Crippen LogP contribution in [-0.2, 0) is 0 Å². The fourth-order valence-corrected chi connectivity index (χ4v) is 1.95. The number of hydrogen-bond donors (Lipinski definition) is 1. The van der Waals surface area contributed by atoms with Gasteiger partial charge < -0.3 is 5.73 Å². The van der Waals surface area contributed by atoms with Crippen molar-refractivity contribution in [2.24, 2.45) is 11.7 Å². The van der Waals surface area contributed by atoms with Crippen molar-refractivity contribution in [3.8, 4) is 0 Å². The lowest BCUT2D eigenvalue weighted by atomic mass is 9.70. The Labute approximate surface area is 77.0 Å². The quantitative estimate of drug-likeness (QED) is 0.752. The summed E-state index contributed by atoms with van der Waals surface area (Å²) < 4.78 is 13.3. The fourth-order valence-electron chi connectivity index (χ4n) is 1.95. The van der Waals surface area contributed by atoms with Crippen molar-refractivity contribution >= 4 is 0 Å². The molecule has 3 heteroatoms. The van der Waals surface area contributed by atoms with Gasteiger partial charge >= 0.3 is 0 Å². The summed E-state index contributed by atoms with van der Waals surface area (Å²) in [6, 6.07) is 1.77. The summed E-state index contributed by atoms with van der Waals surface area (Å²) in [6.45, 7) is 0.659. The molecule has 13 heavy (non-hydrogen) atoms. The number of aromatic nitrogens is 1. The third-order valence-corrected chi connectivity index (χ3v) is 2.92. The second-order valence-corrected chi connectivity index (χ2v) is 3.58. The highest BCUT2D eigenvalue weighted by Gasteiger charge is 2.32. The van der Waals surface area contributed by atoms with Gasteiger partial charge in [0.2, 0.25) is 0 Å². The Bertz CT molecular complexity index is 299. The van der Waals surface area contributed by atoms with E-state index in [0.717, 1.165) is 18.4 Å². The zero-order valence-corrected chi connectivity index (χ0v) is 7.41. The van der Waals surface area contributed by atoms with Gasteiger partial charge in [-0.15, -0.1) is 0 Å². The monoisotopic (exact) mass is 180 g/mol. The molecule has 0 bridgehead atoms. The van der Waals surface area contributed by atoms with Crippen LogP contribution in [0.4, 0.5) is 4.39 Å². The molecule has 1 saturated carbocycles. The first-order valence-corrected chi connectivity index (χ1v) is 4.62. The predicted octanol–water partition coefficient (Wildman–Crippen LogP) is 1.67. The molecular weight excluding hydrogens is 167 g/mol. The van der Waals surface area contributed by atoms with Crippen LogP contribution in [0.2, 0.25) is 0 Å². The molecule has 1 aromatic rings. The Morgan fingerprint density at radius 1 is 1.54 bits per heavy atom. The van der Waals surface area contributed by atoms with Crippen molar-refractivity contribution in [1.82, 2.24) is 4.98 Å². The van der Waals surface area contributed by atoms with Gasteiger partial charge in [0, 0.05) is 6.20 Å². The van der Waals surface area contributed by atoms with Crippen molar-refractivity contribution in [2.45, 2.75) is 18.8 Å². The molecule has 0 spiro atoms. The van der Waals surface area contributed by atoms with Crippen LogP contribution in [0, 0.1) is 11.7 Å². The number of rotatable bonds is 2. The number of nitrogens with zero attached hydrogens (tertiary/aromatic N) is 1. The second kappa shape index (κ2) is 3.42. The average molecular weight is 180 g/mol. The first-order chi connectivity index (χ1) is 6.33. The summed E-state index contributed by atoms with van der Waals surface area (Å²) in [7, 11) is 0. The second-order valence-electron chi connectivity index (χ2n) is 3.58. The zero-order chi connectivity index (χ0) is 9.26. The molecule has 0 amide bonds. The van der Waals surface area contributed by atoms with Gasteiger partial charge in [-0.2, -0.15) is 0 Å². The third kappa shape index (κ3) is 1.44. The molecule has 1 fully saturated rings. The maximum Gasteiger partial charge on any atom is 0.144 e. The van der Waals surface area contributed by atoms with Crippen LogP contribution in [0.1, 0.15) is 24.3 Å². The Hall–Kier alpha value is -0.960. The van der Waals surface area contributed by atoms with E-state index in [1.807, 2.05) is 0 Å². The summed E-state index contributed by atoms with van der Waals surface area (Å²) in [4.78, 5) is 3.73. The zero-order valence-electron chi connectivity index (χ0n) is 7.41. The van der Waals surface area contributed by atoms with Crippen molar-refractivity contribution in [1.29, 1.82) is 0 Å². The highest BCUT2D eigenvalue weighted by atomic mass is 19.1. The minimum atomic E-state index is -0.189. The minimum Gasteiger partial charge on any atom is -0.330 e. The van der Waals surface area contributed by atoms with Gasteiger partial charge in [0.1, 0.15) is 5.82 Å². The van der Waals surface area contributed by atoms with E-state index in [4.69, 9.17) is 5.73 Å². The molecular formula is C10H13FN2.